The topological polar surface area (TPSA) is 30.5 Å². The van der Waals surface area contributed by atoms with Gasteiger partial charge in [-0.05, 0) is 12.8 Å². The summed E-state index contributed by atoms with van der Waals surface area (Å²) in [6.45, 7) is 3.83. The van der Waals surface area contributed by atoms with Gasteiger partial charge in [0.25, 0.3) is 0 Å². The molecule has 0 radical (unpaired) electrons. The molecule has 1 N–H and O–H groups in total. The number of nitrogens with one attached hydrogen (secondary N) is 1. The molecule has 0 aromatic carbocycles. The summed E-state index contributed by atoms with van der Waals surface area (Å²) in [5.74, 6) is 0. The van der Waals surface area contributed by atoms with E-state index in [2.05, 4.69) is 5.32 Å². The zero-order chi connectivity index (χ0) is 8.44. The first kappa shape index (κ1) is 8.48. The number of fused-ring (bicyclic) bond motifs is 1. The Labute approximate surface area is 73.4 Å². The average Bonchev–Trinajstić information content (AvgIpc) is 2.48. The van der Waals surface area contributed by atoms with Gasteiger partial charge in [-0.1, -0.05) is 0 Å². The molecule has 2 atom stereocenters. The van der Waals surface area contributed by atoms with Crippen LogP contribution in [0.15, 0.2) is 0 Å². The Morgan fingerprint density at radius 2 is 2.58 bits per heavy atom. The molecule has 70 valence electrons. The standard InChI is InChI=1S/C9H17NO2/c1-11-7-9-3-2-4-12-8(9)5-10-6-9/h8,10H,2-7H2,1H3/t8-,9+/m0/s1. The monoisotopic (exact) mass is 171 g/mol. The molecular formula is C9H17NO2. The third-order valence-electron chi connectivity index (χ3n) is 3.06. The SMILES string of the molecule is COC[C@]12CCCO[C@H]1CNC2. The Bertz CT molecular complexity index is 159. The summed E-state index contributed by atoms with van der Waals surface area (Å²) in [6, 6.07) is 0. The Morgan fingerprint density at radius 3 is 3.42 bits per heavy atom. The Balaban J connectivity index is 2.06. The number of hydrogen-bond donors (Lipinski definition) is 1. The normalized spacial score (nSPS) is 41.2. The van der Waals surface area contributed by atoms with Crippen LogP contribution in [0.5, 0.6) is 0 Å². The first-order chi connectivity index (χ1) is 5.87. The zero-order valence-corrected chi connectivity index (χ0v) is 7.64. The molecule has 0 aliphatic carbocycles. The molecule has 12 heavy (non-hydrogen) atoms. The van der Waals surface area contributed by atoms with Crippen LogP contribution >= 0.6 is 0 Å². The highest BCUT2D eigenvalue weighted by Gasteiger charge is 2.45. The van der Waals surface area contributed by atoms with Gasteiger partial charge in [0, 0.05) is 32.2 Å². The number of ether oxygens (including phenoxy) is 2. The fourth-order valence-corrected chi connectivity index (χ4v) is 2.42. The second kappa shape index (κ2) is 3.32. The minimum Gasteiger partial charge on any atom is -0.384 e. The third-order valence-corrected chi connectivity index (χ3v) is 3.06. The maximum Gasteiger partial charge on any atom is 0.0789 e. The van der Waals surface area contributed by atoms with Crippen molar-refractivity contribution in [2.75, 3.05) is 33.4 Å². The van der Waals surface area contributed by atoms with Crippen LogP contribution in [0.1, 0.15) is 12.8 Å². The largest absolute Gasteiger partial charge is 0.384 e. The van der Waals surface area contributed by atoms with Crippen LogP contribution in [0.2, 0.25) is 0 Å². The summed E-state index contributed by atoms with van der Waals surface area (Å²) in [5, 5.41) is 3.38. The highest BCUT2D eigenvalue weighted by Crippen LogP contribution is 2.36. The molecule has 2 saturated heterocycles. The van der Waals surface area contributed by atoms with Crippen LogP contribution in [0.4, 0.5) is 0 Å². The van der Waals surface area contributed by atoms with E-state index in [0.717, 1.165) is 26.3 Å². The van der Waals surface area contributed by atoms with Gasteiger partial charge < -0.3 is 14.8 Å². The van der Waals surface area contributed by atoms with Crippen molar-refractivity contribution >= 4 is 0 Å². The highest BCUT2D eigenvalue weighted by atomic mass is 16.5. The van der Waals surface area contributed by atoms with E-state index in [0.29, 0.717) is 6.10 Å². The Morgan fingerprint density at radius 1 is 1.67 bits per heavy atom. The second-order valence-corrected chi connectivity index (χ2v) is 3.89. The summed E-state index contributed by atoms with van der Waals surface area (Å²) in [6.07, 6.45) is 2.83. The van der Waals surface area contributed by atoms with Crippen molar-refractivity contribution in [1.29, 1.82) is 0 Å². The molecule has 0 bridgehead atoms. The average molecular weight is 171 g/mol. The van der Waals surface area contributed by atoms with Crippen LogP contribution in [-0.4, -0.2) is 39.5 Å². The van der Waals surface area contributed by atoms with Crippen LogP contribution in [-0.2, 0) is 9.47 Å². The molecule has 2 heterocycles. The molecule has 3 nitrogen and oxygen atoms in total. The van der Waals surface area contributed by atoms with Gasteiger partial charge >= 0.3 is 0 Å². The minimum absolute atomic E-state index is 0.285. The molecule has 0 saturated carbocycles. The number of rotatable bonds is 2. The van der Waals surface area contributed by atoms with Crippen LogP contribution in [0.3, 0.4) is 0 Å². The molecule has 3 heteroatoms. The molecule has 2 fully saturated rings. The molecular weight excluding hydrogens is 154 g/mol. The van der Waals surface area contributed by atoms with E-state index in [1.54, 1.807) is 7.11 Å². The van der Waals surface area contributed by atoms with Crippen molar-refractivity contribution in [3.05, 3.63) is 0 Å². The van der Waals surface area contributed by atoms with E-state index in [1.807, 2.05) is 0 Å². The highest BCUT2D eigenvalue weighted by molar-refractivity contribution is 4.98. The predicted molar refractivity (Wildman–Crippen MR) is 46.2 cm³/mol. The Kier molecular flexibility index (Phi) is 2.35. The quantitative estimate of drug-likeness (QED) is 0.652. The lowest BCUT2D eigenvalue weighted by atomic mass is 9.79. The molecule has 0 aromatic rings. The van der Waals surface area contributed by atoms with Gasteiger partial charge in [-0.3, -0.25) is 0 Å². The van der Waals surface area contributed by atoms with E-state index in [1.165, 1.54) is 12.8 Å². The summed E-state index contributed by atoms with van der Waals surface area (Å²) in [5.41, 5.74) is 0.285. The van der Waals surface area contributed by atoms with E-state index in [4.69, 9.17) is 9.47 Å². The maximum absolute atomic E-state index is 5.72. The second-order valence-electron chi connectivity index (χ2n) is 3.89. The van der Waals surface area contributed by atoms with Gasteiger partial charge in [0.05, 0.1) is 12.7 Å². The predicted octanol–water partition coefficient (Wildman–Crippen LogP) is 0.401. The van der Waals surface area contributed by atoms with Gasteiger partial charge in [0.1, 0.15) is 0 Å². The van der Waals surface area contributed by atoms with Gasteiger partial charge in [-0.15, -0.1) is 0 Å². The van der Waals surface area contributed by atoms with Crippen molar-refractivity contribution in [1.82, 2.24) is 5.32 Å². The van der Waals surface area contributed by atoms with Crippen molar-refractivity contribution in [3.8, 4) is 0 Å². The lowest BCUT2D eigenvalue weighted by Crippen LogP contribution is -2.43. The van der Waals surface area contributed by atoms with E-state index < -0.39 is 0 Å². The van der Waals surface area contributed by atoms with E-state index in [9.17, 15) is 0 Å². The third kappa shape index (κ3) is 1.26. The van der Waals surface area contributed by atoms with Crippen molar-refractivity contribution in [2.45, 2.75) is 18.9 Å². The molecule has 0 amide bonds. The lowest BCUT2D eigenvalue weighted by molar-refractivity contribution is -0.0829. The van der Waals surface area contributed by atoms with Crippen LogP contribution in [0.25, 0.3) is 0 Å². The van der Waals surface area contributed by atoms with Gasteiger partial charge in [-0.25, -0.2) is 0 Å². The summed E-state index contributed by atoms with van der Waals surface area (Å²) >= 11 is 0. The van der Waals surface area contributed by atoms with E-state index >= 15 is 0 Å². The Hall–Kier alpha value is -0.120. The first-order valence-corrected chi connectivity index (χ1v) is 4.69. The van der Waals surface area contributed by atoms with Gasteiger partial charge in [-0.2, -0.15) is 0 Å². The number of hydrogen-bond acceptors (Lipinski definition) is 3. The molecule has 2 aliphatic heterocycles. The van der Waals surface area contributed by atoms with Crippen molar-refractivity contribution < 1.29 is 9.47 Å². The van der Waals surface area contributed by atoms with Gasteiger partial charge in [0.15, 0.2) is 0 Å². The molecule has 2 rings (SSSR count). The summed E-state index contributed by atoms with van der Waals surface area (Å²) in [4.78, 5) is 0. The van der Waals surface area contributed by atoms with Crippen LogP contribution < -0.4 is 5.32 Å². The number of methoxy groups -OCH3 is 1. The minimum atomic E-state index is 0.285. The first-order valence-electron chi connectivity index (χ1n) is 4.69. The molecule has 0 aromatic heterocycles. The molecule has 0 unspecified atom stereocenters. The summed E-state index contributed by atoms with van der Waals surface area (Å²) in [7, 11) is 1.78. The summed E-state index contributed by atoms with van der Waals surface area (Å²) < 4.78 is 11.0. The van der Waals surface area contributed by atoms with Crippen LogP contribution in [0, 0.1) is 5.41 Å². The molecule has 2 aliphatic rings. The fraction of sp³-hybridized carbons (Fsp3) is 1.00. The zero-order valence-electron chi connectivity index (χ0n) is 7.64. The van der Waals surface area contributed by atoms with Crippen molar-refractivity contribution in [2.24, 2.45) is 5.41 Å². The van der Waals surface area contributed by atoms with Crippen molar-refractivity contribution in [3.63, 3.8) is 0 Å². The lowest BCUT2D eigenvalue weighted by Gasteiger charge is -2.37. The fourth-order valence-electron chi connectivity index (χ4n) is 2.42. The molecule has 0 spiro atoms. The smallest absolute Gasteiger partial charge is 0.0789 e. The van der Waals surface area contributed by atoms with E-state index in [-0.39, 0.29) is 5.41 Å². The van der Waals surface area contributed by atoms with Gasteiger partial charge in [0.2, 0.25) is 0 Å². The maximum atomic E-state index is 5.72.